The summed E-state index contributed by atoms with van der Waals surface area (Å²) in [6.45, 7) is 2.62. The molecule has 4 rings (SSSR count). The molecule has 0 saturated heterocycles. The number of amides is 2. The molecule has 1 unspecified atom stereocenters. The molecule has 0 bridgehead atoms. The molecule has 0 aromatic heterocycles. The molecular weight excluding hydrogens is 545 g/mol. The lowest BCUT2D eigenvalue weighted by molar-refractivity contribution is -0.119. The predicted octanol–water partition coefficient (Wildman–Crippen LogP) is 5.44. The average molecular weight is 582 g/mol. The van der Waals surface area contributed by atoms with Crippen molar-refractivity contribution in [1.29, 1.82) is 0 Å². The molecule has 0 spiro atoms. The molecular formula is C32H37ClFN3O4. The highest BCUT2D eigenvalue weighted by atomic mass is 35.5. The number of ether oxygens (including phenoxy) is 2. The number of primary amides is 1. The van der Waals surface area contributed by atoms with Gasteiger partial charge in [-0.1, -0.05) is 48.0 Å². The first kappa shape index (κ1) is 30.5. The molecule has 3 aromatic rings. The lowest BCUT2D eigenvalue weighted by Crippen LogP contribution is -2.42. The first-order chi connectivity index (χ1) is 19.8. The fourth-order valence-electron chi connectivity index (χ4n) is 5.45. The first-order valence-corrected chi connectivity index (χ1v) is 14.3. The van der Waals surface area contributed by atoms with E-state index < -0.39 is 11.7 Å². The van der Waals surface area contributed by atoms with Crippen molar-refractivity contribution in [2.45, 2.75) is 50.6 Å². The van der Waals surface area contributed by atoms with E-state index in [1.165, 1.54) is 19.2 Å². The Kier molecular flexibility index (Phi) is 10.7. The van der Waals surface area contributed by atoms with E-state index in [0.717, 1.165) is 36.8 Å². The van der Waals surface area contributed by atoms with Gasteiger partial charge in [-0.05, 0) is 61.1 Å². The quantitative estimate of drug-likeness (QED) is 0.247. The SMILES string of the molecule is COCCOc1ccc(C(N)=O)c(-c2cc(C(CNC3CCC(NC(C)=O)CC3)c3ccccc3)ccc2Cl)c1F. The normalized spacial score (nSPS) is 17.6. The molecule has 4 N–H and O–H groups in total. The number of carbonyl (C=O) groups is 2. The van der Waals surface area contributed by atoms with Crippen LogP contribution in [0.1, 0.15) is 60.0 Å². The number of benzene rings is 3. The van der Waals surface area contributed by atoms with E-state index in [2.05, 4.69) is 22.8 Å². The van der Waals surface area contributed by atoms with Gasteiger partial charge in [0.15, 0.2) is 11.6 Å². The number of nitrogens with one attached hydrogen (secondary N) is 2. The molecule has 1 fully saturated rings. The number of hydrogen-bond acceptors (Lipinski definition) is 5. The Morgan fingerprint density at radius 2 is 1.71 bits per heavy atom. The highest BCUT2D eigenvalue weighted by molar-refractivity contribution is 6.33. The Balaban J connectivity index is 1.66. The van der Waals surface area contributed by atoms with Gasteiger partial charge in [0, 0.05) is 54.7 Å². The van der Waals surface area contributed by atoms with Crippen LogP contribution in [0.5, 0.6) is 5.75 Å². The van der Waals surface area contributed by atoms with Gasteiger partial charge in [-0.3, -0.25) is 9.59 Å². The van der Waals surface area contributed by atoms with Crippen LogP contribution in [-0.4, -0.2) is 50.8 Å². The third-order valence-electron chi connectivity index (χ3n) is 7.53. The van der Waals surface area contributed by atoms with Crippen molar-refractivity contribution >= 4 is 23.4 Å². The Labute approximate surface area is 245 Å². The fourth-order valence-corrected chi connectivity index (χ4v) is 5.66. The summed E-state index contributed by atoms with van der Waals surface area (Å²) in [5.74, 6) is -1.55. The Morgan fingerprint density at radius 3 is 2.37 bits per heavy atom. The van der Waals surface area contributed by atoms with Crippen LogP contribution in [0, 0.1) is 5.82 Å². The summed E-state index contributed by atoms with van der Waals surface area (Å²) in [5.41, 5.74) is 8.05. The minimum absolute atomic E-state index is 0.00657. The van der Waals surface area contributed by atoms with Crippen molar-refractivity contribution in [3.8, 4) is 16.9 Å². The van der Waals surface area contributed by atoms with Crippen molar-refractivity contribution in [2.24, 2.45) is 5.73 Å². The molecule has 1 saturated carbocycles. The fraction of sp³-hybridized carbons (Fsp3) is 0.375. The largest absolute Gasteiger partial charge is 0.488 e. The molecule has 9 heteroatoms. The summed E-state index contributed by atoms with van der Waals surface area (Å²) >= 11 is 6.63. The van der Waals surface area contributed by atoms with Crippen molar-refractivity contribution in [3.05, 3.63) is 88.2 Å². The standard InChI is InChI=1S/C32H37ClFN3O4/c1-20(38)37-24-11-9-23(10-12-24)36-19-27(21-6-4-3-5-7-21)22-8-14-28(33)26(18-22)30-25(32(35)39)13-15-29(31(30)34)41-17-16-40-2/h3-8,13-15,18,23-24,27,36H,9-12,16-17,19H2,1-2H3,(H2,35,39)(H,37,38). The van der Waals surface area contributed by atoms with Crippen molar-refractivity contribution in [3.63, 3.8) is 0 Å². The predicted molar refractivity (Wildman–Crippen MR) is 159 cm³/mol. The van der Waals surface area contributed by atoms with Crippen molar-refractivity contribution < 1.29 is 23.5 Å². The molecule has 1 aliphatic carbocycles. The lowest BCUT2D eigenvalue weighted by Gasteiger charge is -2.31. The topological polar surface area (TPSA) is 103 Å². The summed E-state index contributed by atoms with van der Waals surface area (Å²) in [4.78, 5) is 23.8. The van der Waals surface area contributed by atoms with Gasteiger partial charge in [0.2, 0.25) is 11.8 Å². The molecule has 1 aliphatic rings. The summed E-state index contributed by atoms with van der Waals surface area (Å²) in [7, 11) is 1.53. The van der Waals surface area contributed by atoms with E-state index >= 15 is 4.39 Å². The lowest BCUT2D eigenvalue weighted by atomic mass is 9.87. The highest BCUT2D eigenvalue weighted by Crippen LogP contribution is 2.39. The molecule has 0 aliphatic heterocycles. The second-order valence-corrected chi connectivity index (χ2v) is 10.8. The number of rotatable bonds is 12. The maximum Gasteiger partial charge on any atom is 0.249 e. The van der Waals surface area contributed by atoms with E-state index in [1.54, 1.807) is 13.0 Å². The minimum Gasteiger partial charge on any atom is -0.488 e. The second kappa shape index (κ2) is 14.4. The molecule has 7 nitrogen and oxygen atoms in total. The molecule has 1 atom stereocenters. The van der Waals surface area contributed by atoms with E-state index in [9.17, 15) is 9.59 Å². The van der Waals surface area contributed by atoms with Crippen LogP contribution in [0.15, 0.2) is 60.7 Å². The van der Waals surface area contributed by atoms with Crippen molar-refractivity contribution in [1.82, 2.24) is 10.6 Å². The Morgan fingerprint density at radius 1 is 1.00 bits per heavy atom. The monoisotopic (exact) mass is 581 g/mol. The van der Waals surface area contributed by atoms with Crippen LogP contribution < -0.4 is 21.1 Å². The van der Waals surface area contributed by atoms with Gasteiger partial charge in [-0.2, -0.15) is 0 Å². The number of methoxy groups -OCH3 is 1. The van der Waals surface area contributed by atoms with Crippen LogP contribution in [-0.2, 0) is 9.53 Å². The van der Waals surface area contributed by atoms with E-state index in [-0.39, 0.29) is 48.0 Å². The summed E-state index contributed by atoms with van der Waals surface area (Å²) in [6, 6.07) is 18.9. The van der Waals surface area contributed by atoms with Crippen molar-refractivity contribution in [2.75, 3.05) is 26.9 Å². The van der Waals surface area contributed by atoms with Crippen LogP contribution in [0.25, 0.3) is 11.1 Å². The number of hydrogen-bond donors (Lipinski definition) is 3. The van der Waals surface area contributed by atoms with Gasteiger partial charge in [0.1, 0.15) is 6.61 Å². The number of nitrogens with two attached hydrogens (primary N) is 1. The number of carbonyl (C=O) groups excluding carboxylic acids is 2. The van der Waals surface area contributed by atoms with Gasteiger partial charge in [-0.25, -0.2) is 4.39 Å². The van der Waals surface area contributed by atoms with Crippen LogP contribution >= 0.6 is 11.6 Å². The van der Waals surface area contributed by atoms with Crippen LogP contribution in [0.4, 0.5) is 4.39 Å². The van der Waals surface area contributed by atoms with Gasteiger partial charge < -0.3 is 25.8 Å². The van der Waals surface area contributed by atoms with Gasteiger partial charge >= 0.3 is 0 Å². The molecule has 3 aromatic carbocycles. The molecule has 218 valence electrons. The number of halogens is 2. The maximum absolute atomic E-state index is 15.9. The maximum atomic E-state index is 15.9. The van der Waals surface area contributed by atoms with Crippen LogP contribution in [0.3, 0.4) is 0 Å². The summed E-state index contributed by atoms with van der Waals surface area (Å²) in [5, 5.41) is 7.03. The zero-order valence-electron chi connectivity index (χ0n) is 23.4. The third-order valence-corrected chi connectivity index (χ3v) is 7.86. The zero-order valence-corrected chi connectivity index (χ0v) is 24.2. The van der Waals surface area contributed by atoms with E-state index in [1.807, 2.05) is 30.3 Å². The zero-order chi connectivity index (χ0) is 29.4. The van der Waals surface area contributed by atoms with Gasteiger partial charge in [0.25, 0.3) is 0 Å². The Bertz CT molecular complexity index is 1350. The van der Waals surface area contributed by atoms with Gasteiger partial charge in [0.05, 0.1) is 12.2 Å². The summed E-state index contributed by atoms with van der Waals surface area (Å²) in [6.07, 6.45) is 3.77. The molecule has 41 heavy (non-hydrogen) atoms. The third kappa shape index (κ3) is 7.85. The molecule has 2 amide bonds. The molecule has 0 radical (unpaired) electrons. The highest BCUT2D eigenvalue weighted by Gasteiger charge is 2.25. The van der Waals surface area contributed by atoms with Crippen LogP contribution in [0.2, 0.25) is 5.02 Å². The van der Waals surface area contributed by atoms with E-state index in [0.29, 0.717) is 23.2 Å². The Hall–Kier alpha value is -3.46. The van der Waals surface area contributed by atoms with E-state index in [4.69, 9.17) is 26.8 Å². The summed E-state index contributed by atoms with van der Waals surface area (Å²) < 4.78 is 26.4. The smallest absolute Gasteiger partial charge is 0.249 e. The van der Waals surface area contributed by atoms with Gasteiger partial charge in [-0.15, -0.1) is 0 Å². The average Bonchev–Trinajstić information content (AvgIpc) is 2.96. The minimum atomic E-state index is -0.764. The second-order valence-electron chi connectivity index (χ2n) is 10.4. The molecule has 0 heterocycles. The first-order valence-electron chi connectivity index (χ1n) is 13.9.